The molecule has 0 spiro atoms. The van der Waals surface area contributed by atoms with Crippen LogP contribution in [0.4, 0.5) is 5.69 Å². The molecule has 1 aromatic heterocycles. The van der Waals surface area contributed by atoms with E-state index in [-0.39, 0.29) is 0 Å². The summed E-state index contributed by atoms with van der Waals surface area (Å²) in [5.74, 6) is 0.343. The zero-order chi connectivity index (χ0) is 11.1. The Balaban J connectivity index is 2.10. The van der Waals surface area contributed by atoms with Gasteiger partial charge in [0.05, 0.1) is 11.6 Å². The lowest BCUT2D eigenvalue weighted by molar-refractivity contribution is -0.406. The molecule has 1 aromatic rings. The van der Waals surface area contributed by atoms with Crippen LogP contribution >= 0.6 is 0 Å². The molecule has 0 amide bonds. The molecule has 2 heterocycles. The molecule has 4 nitrogen and oxygen atoms in total. The quantitative estimate of drug-likeness (QED) is 0.531. The zero-order valence-corrected chi connectivity index (χ0v) is 9.10. The first-order valence-electron chi connectivity index (χ1n) is 5.71. The fourth-order valence-corrected chi connectivity index (χ4v) is 2.63. The molecule has 0 radical (unpaired) electrons. The predicted octanol–water partition coefficient (Wildman–Crippen LogP) is 1.70. The molecule has 0 fully saturated rings. The highest BCUT2D eigenvalue weighted by Gasteiger charge is 2.28. The number of aromatic nitrogens is 1. The fourth-order valence-electron chi connectivity index (χ4n) is 2.63. The molecule has 1 aliphatic carbocycles. The van der Waals surface area contributed by atoms with Crippen LogP contribution in [0.2, 0.25) is 0 Å². The normalized spacial score (nSPS) is 23.9. The summed E-state index contributed by atoms with van der Waals surface area (Å²) < 4.78 is 3.10. The van der Waals surface area contributed by atoms with Crippen molar-refractivity contribution >= 4 is 11.9 Å². The van der Waals surface area contributed by atoms with E-state index in [0.29, 0.717) is 5.92 Å². The van der Waals surface area contributed by atoms with Crippen molar-refractivity contribution in [2.45, 2.75) is 25.8 Å². The number of hydrogen-bond donors (Lipinski definition) is 1. The van der Waals surface area contributed by atoms with E-state index in [4.69, 9.17) is 5.73 Å². The van der Waals surface area contributed by atoms with Crippen molar-refractivity contribution in [2.24, 2.45) is 5.92 Å². The average Bonchev–Trinajstić information content (AvgIpc) is 2.53. The van der Waals surface area contributed by atoms with Gasteiger partial charge < -0.3 is 15.5 Å². The Morgan fingerprint density at radius 1 is 1.50 bits per heavy atom. The second-order valence-electron chi connectivity index (χ2n) is 4.56. The zero-order valence-electron chi connectivity index (χ0n) is 9.10. The van der Waals surface area contributed by atoms with Crippen molar-refractivity contribution in [3.63, 3.8) is 0 Å². The molecule has 0 saturated heterocycles. The van der Waals surface area contributed by atoms with Crippen LogP contribution in [-0.4, -0.2) is 15.5 Å². The van der Waals surface area contributed by atoms with Crippen LogP contribution in [0.1, 0.15) is 25.0 Å². The second-order valence-corrected chi connectivity index (χ2v) is 4.56. The molecule has 3 rings (SSSR count). The monoisotopic (exact) mass is 217 g/mol. The van der Waals surface area contributed by atoms with E-state index in [1.165, 1.54) is 6.42 Å². The summed E-state index contributed by atoms with van der Waals surface area (Å²) >= 11 is 0. The summed E-state index contributed by atoms with van der Waals surface area (Å²) in [6, 6.07) is 1.85. The van der Waals surface area contributed by atoms with E-state index in [0.717, 1.165) is 41.2 Å². The van der Waals surface area contributed by atoms with Crippen LogP contribution in [0, 0.1) is 11.1 Å². The van der Waals surface area contributed by atoms with Crippen LogP contribution in [-0.2, 0) is 6.54 Å². The number of hydroxylamine groups is 1. The minimum Gasteiger partial charge on any atom is -0.618 e. The summed E-state index contributed by atoms with van der Waals surface area (Å²) in [6.07, 6.45) is 8.91. The van der Waals surface area contributed by atoms with Crippen molar-refractivity contribution in [3.05, 3.63) is 34.9 Å². The molecular weight excluding hydrogens is 202 g/mol. The third-order valence-electron chi connectivity index (χ3n) is 3.40. The molecular formula is C12H15N3O. The number of anilines is 1. The molecule has 0 unspecified atom stereocenters. The van der Waals surface area contributed by atoms with E-state index >= 15 is 0 Å². The van der Waals surface area contributed by atoms with Gasteiger partial charge in [-0.2, -0.15) is 4.74 Å². The molecule has 1 atom stereocenters. The largest absolute Gasteiger partial charge is 0.618 e. The van der Waals surface area contributed by atoms with Gasteiger partial charge in [-0.25, -0.2) is 0 Å². The number of rotatable bonds is 0. The van der Waals surface area contributed by atoms with E-state index < -0.39 is 0 Å². The molecule has 0 bridgehead atoms. The Bertz CT molecular complexity index is 484. The maximum absolute atomic E-state index is 12.0. The number of nitrogens with two attached hydrogens (primary N) is 1. The maximum atomic E-state index is 12.0. The minimum absolute atomic E-state index is 0.343. The number of nitrogens with zero attached hydrogens (tertiary/aromatic N) is 2. The fraction of sp³-hybridized carbons (Fsp3) is 0.417. The van der Waals surface area contributed by atoms with Crippen molar-refractivity contribution < 1.29 is 4.74 Å². The molecule has 2 N–H and O–H groups in total. The van der Waals surface area contributed by atoms with Gasteiger partial charge in [0.15, 0.2) is 5.70 Å². The van der Waals surface area contributed by atoms with Gasteiger partial charge in [0.1, 0.15) is 5.69 Å². The third-order valence-corrected chi connectivity index (χ3v) is 3.40. The minimum atomic E-state index is 0.343. The first kappa shape index (κ1) is 9.51. The van der Waals surface area contributed by atoms with Gasteiger partial charge in [0.2, 0.25) is 6.21 Å². The molecule has 1 aliphatic heterocycles. The number of hydrogen-bond acceptors (Lipinski definition) is 2. The molecule has 4 heteroatoms. The maximum Gasteiger partial charge on any atom is 0.204 e. The average molecular weight is 217 g/mol. The summed E-state index contributed by atoms with van der Waals surface area (Å²) in [5.41, 5.74) is 8.30. The van der Waals surface area contributed by atoms with Crippen LogP contribution in [0.25, 0.3) is 0 Å². The van der Waals surface area contributed by atoms with Crippen LogP contribution in [0.15, 0.2) is 24.0 Å². The van der Waals surface area contributed by atoms with Crippen molar-refractivity contribution in [1.29, 1.82) is 0 Å². The van der Waals surface area contributed by atoms with Gasteiger partial charge in [0.25, 0.3) is 0 Å². The highest BCUT2D eigenvalue weighted by atomic mass is 16.5. The molecule has 0 saturated carbocycles. The smallest absolute Gasteiger partial charge is 0.204 e. The Kier molecular flexibility index (Phi) is 2.02. The Hall–Kier alpha value is -1.71. The van der Waals surface area contributed by atoms with Gasteiger partial charge in [-0.1, -0.05) is 0 Å². The molecule has 0 aromatic carbocycles. The Morgan fingerprint density at radius 2 is 2.38 bits per heavy atom. The Labute approximate surface area is 94.3 Å². The summed E-state index contributed by atoms with van der Waals surface area (Å²) in [7, 11) is 0. The second kappa shape index (κ2) is 3.40. The lowest BCUT2D eigenvalue weighted by Crippen LogP contribution is -2.18. The van der Waals surface area contributed by atoms with Crippen LogP contribution < -0.4 is 5.73 Å². The van der Waals surface area contributed by atoms with Gasteiger partial charge in [-0.3, -0.25) is 0 Å². The van der Waals surface area contributed by atoms with Gasteiger partial charge in [0, 0.05) is 12.7 Å². The number of allylic oxidation sites excluding steroid dienone is 2. The summed E-state index contributed by atoms with van der Waals surface area (Å²) in [4.78, 5) is 0. The van der Waals surface area contributed by atoms with Crippen molar-refractivity contribution in [1.82, 2.24) is 4.57 Å². The van der Waals surface area contributed by atoms with E-state index in [9.17, 15) is 5.21 Å². The number of nitrogen functional groups attached to an aromatic ring is 1. The molecule has 2 aliphatic rings. The highest BCUT2D eigenvalue weighted by Crippen LogP contribution is 2.29. The van der Waals surface area contributed by atoms with E-state index in [1.807, 2.05) is 12.3 Å². The summed E-state index contributed by atoms with van der Waals surface area (Å²) in [5, 5.41) is 12.0. The lowest BCUT2D eigenvalue weighted by Gasteiger charge is -2.20. The van der Waals surface area contributed by atoms with Crippen LogP contribution in [0.5, 0.6) is 0 Å². The molecule has 84 valence electrons. The highest BCUT2D eigenvalue weighted by molar-refractivity contribution is 5.76. The predicted molar refractivity (Wildman–Crippen MR) is 63.1 cm³/mol. The standard InChI is InChI=1S/C12H15N3O/c13-10-5-11-8-15(16)12-4-2-1-3-9(12)6-14(11)7-10/h4-5,7-9H,1-3,6,13H2/t9-/m0/s1. The van der Waals surface area contributed by atoms with Gasteiger partial charge in [-0.05, 0) is 31.4 Å². The topological polar surface area (TPSA) is 57.0 Å². The Morgan fingerprint density at radius 3 is 3.25 bits per heavy atom. The van der Waals surface area contributed by atoms with Crippen molar-refractivity contribution in [3.8, 4) is 0 Å². The van der Waals surface area contributed by atoms with Crippen molar-refractivity contribution in [2.75, 3.05) is 5.73 Å². The first-order valence-corrected chi connectivity index (χ1v) is 5.71. The SMILES string of the molecule is Nc1cc2n(c1)C[C@@H]1CCCC=C1[N+]([O-])=C2. The lowest BCUT2D eigenvalue weighted by atomic mass is 9.92. The first-order chi connectivity index (χ1) is 7.74. The van der Waals surface area contributed by atoms with E-state index in [1.54, 1.807) is 6.21 Å². The van der Waals surface area contributed by atoms with Crippen LogP contribution in [0.3, 0.4) is 0 Å². The van der Waals surface area contributed by atoms with Gasteiger partial charge in [-0.15, -0.1) is 0 Å². The number of fused-ring (bicyclic) bond motifs is 2. The van der Waals surface area contributed by atoms with E-state index in [2.05, 4.69) is 10.6 Å². The third kappa shape index (κ3) is 1.41. The summed E-state index contributed by atoms with van der Waals surface area (Å²) in [6.45, 7) is 0.869. The van der Waals surface area contributed by atoms with Gasteiger partial charge >= 0.3 is 0 Å². The molecule has 16 heavy (non-hydrogen) atoms.